The molecular formula is C28H30N2O6. The van der Waals surface area contributed by atoms with Gasteiger partial charge in [-0.1, -0.05) is 0 Å². The molecule has 0 fully saturated rings. The predicted molar refractivity (Wildman–Crippen MR) is 137 cm³/mol. The van der Waals surface area contributed by atoms with E-state index in [1.54, 1.807) is 78.1 Å². The summed E-state index contributed by atoms with van der Waals surface area (Å²) in [6.45, 7) is 12.5. The summed E-state index contributed by atoms with van der Waals surface area (Å²) in [5, 5.41) is 11.2. The summed E-state index contributed by atoms with van der Waals surface area (Å²) < 4.78 is 13.7. The molecule has 8 nitrogen and oxygen atoms in total. The number of aromatic nitrogens is 2. The van der Waals surface area contributed by atoms with Crippen LogP contribution in [0, 0.1) is 6.92 Å². The summed E-state index contributed by atoms with van der Waals surface area (Å²) >= 11 is 0. The highest BCUT2D eigenvalue weighted by atomic mass is 16.6. The quantitative estimate of drug-likeness (QED) is 0.326. The van der Waals surface area contributed by atoms with Crippen molar-refractivity contribution in [1.82, 2.24) is 9.13 Å². The third-order valence-electron chi connectivity index (χ3n) is 5.45. The van der Waals surface area contributed by atoms with E-state index < -0.39 is 29.2 Å². The number of ether oxygens (including phenoxy) is 2. The smallest absolute Gasteiger partial charge is 0.419 e. The van der Waals surface area contributed by atoms with Crippen LogP contribution in [0.3, 0.4) is 0 Å². The number of nitrogens with zero attached hydrogens (tertiary/aromatic N) is 2. The molecule has 1 N–H and O–H groups in total. The number of aromatic hydroxyl groups is 1. The Morgan fingerprint density at radius 1 is 0.806 bits per heavy atom. The molecule has 0 saturated heterocycles. The minimum Gasteiger partial charge on any atom is -0.508 e. The van der Waals surface area contributed by atoms with Gasteiger partial charge in [-0.05, 0) is 96.5 Å². The van der Waals surface area contributed by atoms with E-state index in [0.29, 0.717) is 27.4 Å². The predicted octanol–water partition coefficient (Wildman–Crippen LogP) is 6.41. The van der Waals surface area contributed by atoms with Gasteiger partial charge in [0.25, 0.3) is 0 Å². The van der Waals surface area contributed by atoms with E-state index >= 15 is 0 Å². The lowest BCUT2D eigenvalue weighted by Gasteiger charge is -2.21. The van der Waals surface area contributed by atoms with E-state index in [4.69, 9.17) is 9.47 Å². The zero-order chi connectivity index (χ0) is 26.6. The molecule has 0 unspecified atom stereocenters. The van der Waals surface area contributed by atoms with Gasteiger partial charge in [0.1, 0.15) is 22.6 Å². The Balaban J connectivity index is 1.81. The Morgan fingerprint density at radius 2 is 1.42 bits per heavy atom. The van der Waals surface area contributed by atoms with Crippen molar-refractivity contribution in [1.29, 1.82) is 0 Å². The lowest BCUT2D eigenvalue weighted by atomic mass is 10.0. The molecule has 0 radical (unpaired) electrons. The lowest BCUT2D eigenvalue weighted by Crippen LogP contribution is -2.28. The monoisotopic (exact) mass is 490 g/mol. The first-order valence-corrected chi connectivity index (χ1v) is 11.6. The maximum absolute atomic E-state index is 13.7. The largest absolute Gasteiger partial charge is 0.508 e. The molecule has 0 atom stereocenters. The van der Waals surface area contributed by atoms with Crippen LogP contribution >= 0.6 is 0 Å². The molecule has 0 aliphatic carbocycles. The average Bonchev–Trinajstić information content (AvgIpc) is 3.28. The fourth-order valence-corrected chi connectivity index (χ4v) is 4.02. The second kappa shape index (κ2) is 8.55. The van der Waals surface area contributed by atoms with Crippen LogP contribution in [-0.2, 0) is 9.47 Å². The molecule has 0 aliphatic heterocycles. The standard InChI is InChI=1S/C28H30N2O6/c1-16-15-29(25(33)35-27(2,3)4)22-10-8-17(13-20(16)22)24(32)23-14-18-12-19(31)9-11-21(18)30(23)26(34)36-28(5,6)7/h8-15,31H,1-7H3. The van der Waals surface area contributed by atoms with Crippen molar-refractivity contribution in [2.75, 3.05) is 0 Å². The van der Waals surface area contributed by atoms with Crippen LogP contribution in [0.4, 0.5) is 9.59 Å². The number of fused-ring (bicyclic) bond motifs is 2. The summed E-state index contributed by atoms with van der Waals surface area (Å²) in [6, 6.07) is 11.1. The van der Waals surface area contributed by atoms with Crippen molar-refractivity contribution < 1.29 is 29.0 Å². The second-order valence-electron chi connectivity index (χ2n) is 10.8. The molecule has 0 bridgehead atoms. The first-order valence-electron chi connectivity index (χ1n) is 11.6. The third-order valence-corrected chi connectivity index (χ3v) is 5.45. The summed E-state index contributed by atoms with van der Waals surface area (Å²) in [4.78, 5) is 39.5. The molecule has 0 saturated carbocycles. The topological polar surface area (TPSA) is 99.8 Å². The number of hydrogen-bond acceptors (Lipinski definition) is 6. The Kier molecular flexibility index (Phi) is 5.95. The number of rotatable bonds is 2. The summed E-state index contributed by atoms with van der Waals surface area (Å²) in [6.07, 6.45) is 0.470. The highest BCUT2D eigenvalue weighted by molar-refractivity contribution is 6.14. The second-order valence-corrected chi connectivity index (χ2v) is 10.8. The number of carbonyl (C=O) groups excluding carboxylic acids is 3. The molecule has 36 heavy (non-hydrogen) atoms. The number of ketones is 1. The Bertz CT molecular complexity index is 1530. The Labute approximate surface area is 209 Å². The first kappa shape index (κ1) is 25.0. The highest BCUT2D eigenvalue weighted by Crippen LogP contribution is 2.29. The van der Waals surface area contributed by atoms with Gasteiger partial charge < -0.3 is 14.6 Å². The van der Waals surface area contributed by atoms with Crippen molar-refractivity contribution in [2.24, 2.45) is 0 Å². The number of phenolic OH excluding ortho intramolecular Hbond substituents is 1. The maximum atomic E-state index is 13.7. The molecule has 2 heterocycles. The normalized spacial score (nSPS) is 12.2. The molecule has 2 aromatic carbocycles. The van der Waals surface area contributed by atoms with Gasteiger partial charge in [-0.25, -0.2) is 14.2 Å². The van der Waals surface area contributed by atoms with Crippen LogP contribution in [0.25, 0.3) is 21.8 Å². The molecule has 8 heteroatoms. The molecule has 188 valence electrons. The number of benzene rings is 2. The van der Waals surface area contributed by atoms with E-state index in [0.717, 1.165) is 5.56 Å². The molecule has 0 amide bonds. The van der Waals surface area contributed by atoms with Gasteiger partial charge in [0.15, 0.2) is 0 Å². The molecular weight excluding hydrogens is 460 g/mol. The number of carbonyl (C=O) groups is 3. The van der Waals surface area contributed by atoms with Crippen molar-refractivity contribution in [3.63, 3.8) is 0 Å². The van der Waals surface area contributed by atoms with Crippen molar-refractivity contribution in [3.8, 4) is 5.75 Å². The number of phenols is 1. The minimum absolute atomic E-state index is 0.0170. The maximum Gasteiger partial charge on any atom is 0.419 e. The van der Waals surface area contributed by atoms with E-state index in [-0.39, 0.29) is 11.4 Å². The Morgan fingerprint density at radius 3 is 2.06 bits per heavy atom. The molecule has 0 spiro atoms. The van der Waals surface area contributed by atoms with Crippen LogP contribution < -0.4 is 0 Å². The van der Waals surface area contributed by atoms with E-state index in [1.165, 1.54) is 21.3 Å². The highest BCUT2D eigenvalue weighted by Gasteiger charge is 2.27. The first-order chi connectivity index (χ1) is 16.6. The number of aryl methyl sites for hydroxylation is 1. The van der Waals surface area contributed by atoms with Gasteiger partial charge in [0, 0.05) is 22.5 Å². The summed E-state index contributed by atoms with van der Waals surface area (Å²) in [5.74, 6) is -0.383. The Hall–Kier alpha value is -4.07. The fourth-order valence-electron chi connectivity index (χ4n) is 4.02. The summed E-state index contributed by atoms with van der Waals surface area (Å²) in [5.41, 5.74) is 0.863. The molecule has 2 aromatic heterocycles. The van der Waals surface area contributed by atoms with Crippen molar-refractivity contribution in [3.05, 3.63) is 65.5 Å². The van der Waals surface area contributed by atoms with Gasteiger partial charge in [-0.15, -0.1) is 0 Å². The zero-order valence-corrected chi connectivity index (χ0v) is 21.5. The van der Waals surface area contributed by atoms with Crippen molar-refractivity contribution >= 4 is 39.8 Å². The molecule has 4 aromatic rings. The summed E-state index contributed by atoms with van der Waals surface area (Å²) in [7, 11) is 0. The SMILES string of the molecule is Cc1cn(C(=O)OC(C)(C)C)c2ccc(C(=O)c3cc4cc(O)ccc4n3C(=O)OC(C)(C)C)cc12. The van der Waals surface area contributed by atoms with Crippen molar-refractivity contribution in [2.45, 2.75) is 59.7 Å². The third kappa shape index (κ3) is 4.84. The van der Waals surface area contributed by atoms with Gasteiger partial charge >= 0.3 is 12.2 Å². The lowest BCUT2D eigenvalue weighted by molar-refractivity contribution is 0.0529. The molecule has 0 aliphatic rings. The molecule has 4 rings (SSSR count). The van der Waals surface area contributed by atoms with E-state index in [1.807, 2.05) is 6.92 Å². The minimum atomic E-state index is -0.772. The van der Waals surface area contributed by atoms with Crippen LogP contribution in [0.1, 0.15) is 63.2 Å². The van der Waals surface area contributed by atoms with E-state index in [9.17, 15) is 19.5 Å². The van der Waals surface area contributed by atoms with Gasteiger partial charge in [-0.2, -0.15) is 0 Å². The van der Waals surface area contributed by atoms with E-state index in [2.05, 4.69) is 0 Å². The zero-order valence-electron chi connectivity index (χ0n) is 21.5. The van der Waals surface area contributed by atoms with Crippen LogP contribution in [-0.4, -0.2) is 43.4 Å². The van der Waals surface area contributed by atoms with Gasteiger partial charge in [0.2, 0.25) is 5.78 Å². The van der Waals surface area contributed by atoms with Crippen LogP contribution in [0.5, 0.6) is 5.75 Å². The fraction of sp³-hybridized carbons (Fsp3) is 0.321. The average molecular weight is 491 g/mol. The van der Waals surface area contributed by atoms with Gasteiger partial charge in [-0.3, -0.25) is 9.36 Å². The number of hydrogen-bond donors (Lipinski definition) is 1. The van der Waals surface area contributed by atoms with Crippen LogP contribution in [0.2, 0.25) is 0 Å². The van der Waals surface area contributed by atoms with Gasteiger partial charge in [0.05, 0.1) is 11.0 Å². The van der Waals surface area contributed by atoms with Crippen LogP contribution in [0.15, 0.2) is 48.7 Å².